The Labute approximate surface area is 143 Å². The van der Waals surface area contributed by atoms with Crippen molar-refractivity contribution in [3.8, 4) is 0 Å². The molecule has 0 aliphatic heterocycles. The molecule has 0 saturated heterocycles. The van der Waals surface area contributed by atoms with Crippen molar-refractivity contribution in [2.24, 2.45) is 0 Å². The number of nitrogens with zero attached hydrogens (tertiary/aromatic N) is 1. The van der Waals surface area contributed by atoms with Crippen LogP contribution in [0.2, 0.25) is 0 Å². The molecule has 3 rings (SSSR count). The first-order chi connectivity index (χ1) is 10.4. The lowest BCUT2D eigenvalue weighted by Gasteiger charge is -2.07. The van der Waals surface area contributed by atoms with Gasteiger partial charge in [-0.25, -0.2) is 9.37 Å². The number of pyridine rings is 1. The lowest BCUT2D eigenvalue weighted by Crippen LogP contribution is -2.02. The van der Waals surface area contributed by atoms with E-state index < -0.39 is 15.9 Å². The lowest BCUT2D eigenvalue weighted by atomic mass is 10.3. The van der Waals surface area contributed by atoms with Crippen molar-refractivity contribution < 1.29 is 17.4 Å². The molecule has 0 atom stereocenters. The molecule has 5 nitrogen and oxygen atoms in total. The van der Waals surface area contributed by atoms with Gasteiger partial charge in [0.15, 0.2) is 0 Å². The Hall–Kier alpha value is -1.30. The molecule has 0 fully saturated rings. The van der Waals surface area contributed by atoms with E-state index in [4.69, 9.17) is 0 Å². The summed E-state index contributed by atoms with van der Waals surface area (Å²) in [6.07, 6.45) is 1.52. The molecular weight excluding hydrogens is 442 g/mol. The van der Waals surface area contributed by atoms with E-state index in [9.17, 15) is 17.4 Å². The summed E-state index contributed by atoms with van der Waals surface area (Å²) in [4.78, 5) is 4.20. The Bertz CT molecular complexity index is 973. The van der Waals surface area contributed by atoms with Crippen LogP contribution in [0.1, 0.15) is 0 Å². The van der Waals surface area contributed by atoms with Gasteiger partial charge < -0.3 is 5.32 Å². The molecule has 2 heterocycles. The van der Waals surface area contributed by atoms with Gasteiger partial charge in [0.1, 0.15) is 20.5 Å². The second-order valence-electron chi connectivity index (χ2n) is 4.34. The zero-order valence-electron chi connectivity index (χ0n) is 10.7. The van der Waals surface area contributed by atoms with Gasteiger partial charge in [-0.05, 0) is 52.9 Å². The van der Waals surface area contributed by atoms with Crippen LogP contribution >= 0.6 is 33.9 Å². The zero-order valence-corrected chi connectivity index (χ0v) is 14.5. The van der Waals surface area contributed by atoms with Crippen LogP contribution < -0.4 is 5.32 Å². The molecule has 0 aliphatic rings. The van der Waals surface area contributed by atoms with Crippen LogP contribution in [-0.2, 0) is 10.1 Å². The molecule has 2 N–H and O–H groups in total. The smallest absolute Gasteiger partial charge is 0.298 e. The van der Waals surface area contributed by atoms with E-state index >= 15 is 0 Å². The maximum absolute atomic E-state index is 13.9. The van der Waals surface area contributed by atoms with E-state index in [1.807, 2.05) is 22.6 Å². The van der Waals surface area contributed by atoms with Crippen LogP contribution in [-0.4, -0.2) is 18.0 Å². The number of hydrogen-bond donors (Lipinski definition) is 2. The van der Waals surface area contributed by atoms with Gasteiger partial charge in [-0.3, -0.25) is 4.55 Å². The second kappa shape index (κ2) is 5.72. The molecule has 22 heavy (non-hydrogen) atoms. The van der Waals surface area contributed by atoms with Crippen molar-refractivity contribution in [2.45, 2.75) is 4.90 Å². The number of fused-ring (bicyclic) bond motifs is 1. The summed E-state index contributed by atoms with van der Waals surface area (Å²) in [5, 5.41) is 3.14. The first-order valence-corrected chi connectivity index (χ1v) is 9.27. The third-order valence-corrected chi connectivity index (χ3v) is 5.63. The third-order valence-electron chi connectivity index (χ3n) is 2.86. The molecule has 9 heteroatoms. The number of halogens is 2. The summed E-state index contributed by atoms with van der Waals surface area (Å²) < 4.78 is 47.4. The van der Waals surface area contributed by atoms with Gasteiger partial charge >= 0.3 is 0 Å². The predicted molar refractivity (Wildman–Crippen MR) is 91.8 cm³/mol. The van der Waals surface area contributed by atoms with E-state index in [0.29, 0.717) is 13.8 Å². The summed E-state index contributed by atoms with van der Waals surface area (Å²) in [5.41, 5.74) is 0.122. The molecule has 2 aromatic heterocycles. The van der Waals surface area contributed by atoms with Crippen LogP contribution in [0.5, 0.6) is 0 Å². The Morgan fingerprint density at radius 1 is 1.32 bits per heavy atom. The van der Waals surface area contributed by atoms with E-state index in [1.54, 1.807) is 12.1 Å². The summed E-state index contributed by atoms with van der Waals surface area (Å²) in [7, 11) is -4.47. The van der Waals surface area contributed by atoms with Crippen LogP contribution in [0.25, 0.3) is 10.2 Å². The zero-order chi connectivity index (χ0) is 15.9. The van der Waals surface area contributed by atoms with Gasteiger partial charge in [-0.15, -0.1) is 0 Å². The van der Waals surface area contributed by atoms with Gasteiger partial charge in [-0.1, -0.05) is 11.3 Å². The first kappa shape index (κ1) is 15.6. The van der Waals surface area contributed by atoms with Crippen molar-refractivity contribution in [1.82, 2.24) is 4.98 Å². The van der Waals surface area contributed by atoms with Crippen molar-refractivity contribution in [3.63, 3.8) is 0 Å². The molecule has 0 radical (unpaired) electrons. The molecule has 0 aliphatic carbocycles. The van der Waals surface area contributed by atoms with Gasteiger partial charge in [0.05, 0.1) is 5.69 Å². The average Bonchev–Trinajstić information content (AvgIpc) is 2.79. The highest BCUT2D eigenvalue weighted by molar-refractivity contribution is 14.1. The number of aromatic nitrogens is 1. The molecule has 0 unspecified atom stereocenters. The van der Waals surface area contributed by atoms with Crippen molar-refractivity contribution in [3.05, 3.63) is 45.9 Å². The number of benzene rings is 1. The number of anilines is 2. The van der Waals surface area contributed by atoms with Gasteiger partial charge in [-0.2, -0.15) is 8.42 Å². The van der Waals surface area contributed by atoms with Crippen LogP contribution in [0.3, 0.4) is 0 Å². The fraction of sp³-hybridized carbons (Fsp3) is 0. The quantitative estimate of drug-likeness (QED) is 0.466. The summed E-state index contributed by atoms with van der Waals surface area (Å²) in [5.74, 6) is -0.515. The number of thiophene rings is 1. The number of hydrogen-bond acceptors (Lipinski definition) is 5. The Balaban J connectivity index is 2.18. The fourth-order valence-electron chi connectivity index (χ4n) is 1.96. The Morgan fingerprint density at radius 2 is 2.09 bits per heavy atom. The first-order valence-electron chi connectivity index (χ1n) is 5.93. The van der Waals surface area contributed by atoms with Gasteiger partial charge in [0, 0.05) is 15.2 Å². The predicted octanol–water partition coefficient (Wildman–Crippen LogP) is 4.03. The molecule has 1 aromatic carbocycles. The highest BCUT2D eigenvalue weighted by Gasteiger charge is 2.24. The molecule has 0 amide bonds. The largest absolute Gasteiger partial charge is 0.344 e. The molecule has 114 valence electrons. The Kier molecular flexibility index (Phi) is 4.05. The maximum atomic E-state index is 13.9. The minimum absolute atomic E-state index is 0.122. The van der Waals surface area contributed by atoms with E-state index in [0.717, 1.165) is 11.3 Å². The minimum Gasteiger partial charge on any atom is -0.344 e. The van der Waals surface area contributed by atoms with Crippen LogP contribution in [0, 0.1) is 9.39 Å². The molecule has 0 saturated carbocycles. The molecule has 0 spiro atoms. The summed E-state index contributed by atoms with van der Waals surface area (Å²) in [6, 6.07) is 7.62. The van der Waals surface area contributed by atoms with Crippen molar-refractivity contribution in [1.29, 1.82) is 0 Å². The molecule has 3 aromatic rings. The Morgan fingerprint density at radius 3 is 2.77 bits per heavy atom. The highest BCUT2D eigenvalue weighted by atomic mass is 127. The normalized spacial score (nSPS) is 11.8. The van der Waals surface area contributed by atoms with E-state index in [1.165, 1.54) is 24.4 Å². The average molecular weight is 450 g/mol. The fourth-order valence-corrected chi connectivity index (χ4v) is 4.60. The SMILES string of the molecule is O=S(=O)(O)c1c(Nc2ccc(I)cc2F)sc2ncccc12. The molecule has 0 bridgehead atoms. The summed E-state index contributed by atoms with van der Waals surface area (Å²) >= 11 is 3.00. The van der Waals surface area contributed by atoms with Crippen LogP contribution in [0.4, 0.5) is 15.1 Å². The topological polar surface area (TPSA) is 79.3 Å². The highest BCUT2D eigenvalue weighted by Crippen LogP contribution is 2.39. The van der Waals surface area contributed by atoms with Gasteiger partial charge in [0.2, 0.25) is 0 Å². The van der Waals surface area contributed by atoms with E-state index in [-0.39, 0.29) is 15.6 Å². The van der Waals surface area contributed by atoms with Gasteiger partial charge in [0.25, 0.3) is 10.1 Å². The summed E-state index contributed by atoms with van der Waals surface area (Å²) in [6.45, 7) is 0. The number of nitrogens with one attached hydrogen (secondary N) is 1. The third kappa shape index (κ3) is 2.93. The monoisotopic (exact) mass is 450 g/mol. The maximum Gasteiger partial charge on any atom is 0.298 e. The number of rotatable bonds is 3. The lowest BCUT2D eigenvalue weighted by molar-refractivity contribution is 0.485. The minimum atomic E-state index is -4.47. The second-order valence-corrected chi connectivity index (χ2v) is 7.94. The standard InChI is InChI=1S/C13H8FIN2O3S2/c14-9-6-7(15)3-4-10(9)17-13-11(22(18,19)20)8-2-1-5-16-12(8)21-13/h1-6,17H,(H,18,19,20). The van der Waals surface area contributed by atoms with Crippen molar-refractivity contribution >= 4 is 65.0 Å². The van der Waals surface area contributed by atoms with E-state index in [2.05, 4.69) is 10.3 Å². The van der Waals surface area contributed by atoms with Crippen LogP contribution in [0.15, 0.2) is 41.4 Å². The van der Waals surface area contributed by atoms with Crippen molar-refractivity contribution in [2.75, 3.05) is 5.32 Å². The molecular formula is C13H8FIN2O3S2.